The Morgan fingerprint density at radius 2 is 2.04 bits per heavy atom. The van der Waals surface area contributed by atoms with Crippen molar-refractivity contribution in [3.63, 3.8) is 0 Å². The molecule has 0 N–H and O–H groups in total. The van der Waals surface area contributed by atoms with Crippen LogP contribution in [0.3, 0.4) is 0 Å². The first-order valence-electron chi connectivity index (χ1n) is 8.85. The molecule has 5 rings (SSSR count). The molecule has 1 aliphatic rings. The van der Waals surface area contributed by atoms with Crippen LogP contribution in [0.4, 0.5) is 6.01 Å². The first-order valence-corrected chi connectivity index (χ1v) is 9.80. The summed E-state index contributed by atoms with van der Waals surface area (Å²) in [6.45, 7) is 2.66. The first-order chi connectivity index (χ1) is 12.9. The van der Waals surface area contributed by atoms with Crippen molar-refractivity contribution in [3.05, 3.63) is 59.1 Å². The molecule has 1 aromatic carbocycles. The zero-order valence-corrected chi connectivity index (χ0v) is 15.1. The quantitative estimate of drug-likeness (QED) is 0.549. The average Bonchev–Trinajstić information content (AvgIpc) is 3.43. The second-order valence-corrected chi connectivity index (χ2v) is 7.34. The Morgan fingerprint density at radius 1 is 1.15 bits per heavy atom. The van der Waals surface area contributed by atoms with Gasteiger partial charge in [0.1, 0.15) is 11.3 Å². The second-order valence-electron chi connectivity index (χ2n) is 6.62. The molecule has 132 valence electrons. The van der Waals surface area contributed by atoms with Gasteiger partial charge >= 0.3 is 0 Å². The van der Waals surface area contributed by atoms with Crippen LogP contribution in [-0.2, 0) is 6.54 Å². The lowest BCUT2D eigenvalue weighted by Gasteiger charge is -2.30. The highest BCUT2D eigenvalue weighted by molar-refractivity contribution is 7.07. The standard InChI is InChI=1S/C19H19N5OS/c1-2-4-17-16(3-1)22-19(25-17)23-8-5-14(6-9-23)18-20-7-10-24(18)11-15-12-26-13-21-15/h1-4,7,10,12-14H,5-6,8-9,11H2. The fraction of sp³-hybridized carbons (Fsp3) is 0.316. The summed E-state index contributed by atoms with van der Waals surface area (Å²) >= 11 is 1.63. The lowest BCUT2D eigenvalue weighted by Crippen LogP contribution is -2.33. The molecular weight excluding hydrogens is 346 g/mol. The number of para-hydroxylation sites is 2. The van der Waals surface area contributed by atoms with E-state index in [2.05, 4.69) is 36.0 Å². The van der Waals surface area contributed by atoms with Crippen molar-refractivity contribution in [1.29, 1.82) is 0 Å². The Labute approximate surface area is 155 Å². The van der Waals surface area contributed by atoms with Crippen LogP contribution in [0.25, 0.3) is 11.1 Å². The Morgan fingerprint density at radius 3 is 2.85 bits per heavy atom. The minimum atomic E-state index is 0.462. The summed E-state index contributed by atoms with van der Waals surface area (Å²) in [5.41, 5.74) is 4.75. The predicted molar refractivity (Wildman–Crippen MR) is 102 cm³/mol. The van der Waals surface area contributed by atoms with Crippen LogP contribution >= 0.6 is 11.3 Å². The third kappa shape index (κ3) is 2.88. The van der Waals surface area contributed by atoms with E-state index < -0.39 is 0 Å². The minimum absolute atomic E-state index is 0.462. The van der Waals surface area contributed by atoms with Gasteiger partial charge in [-0.25, -0.2) is 9.97 Å². The van der Waals surface area contributed by atoms with Gasteiger partial charge in [0, 0.05) is 36.8 Å². The minimum Gasteiger partial charge on any atom is -0.423 e. The van der Waals surface area contributed by atoms with E-state index in [4.69, 9.17) is 4.42 Å². The van der Waals surface area contributed by atoms with Crippen molar-refractivity contribution in [3.8, 4) is 0 Å². The van der Waals surface area contributed by atoms with E-state index >= 15 is 0 Å². The molecule has 0 radical (unpaired) electrons. The zero-order chi connectivity index (χ0) is 17.3. The number of oxazole rings is 1. The van der Waals surface area contributed by atoms with Gasteiger partial charge in [-0.3, -0.25) is 0 Å². The average molecular weight is 365 g/mol. The van der Waals surface area contributed by atoms with Crippen molar-refractivity contribution in [2.24, 2.45) is 0 Å². The van der Waals surface area contributed by atoms with Gasteiger partial charge in [0.05, 0.1) is 17.7 Å². The highest BCUT2D eigenvalue weighted by Crippen LogP contribution is 2.31. The highest BCUT2D eigenvalue weighted by atomic mass is 32.1. The third-order valence-electron chi connectivity index (χ3n) is 4.98. The van der Waals surface area contributed by atoms with E-state index in [0.717, 1.165) is 61.1 Å². The number of hydrogen-bond acceptors (Lipinski definition) is 6. The number of hydrogen-bond donors (Lipinski definition) is 0. The van der Waals surface area contributed by atoms with Crippen LogP contribution in [0.5, 0.6) is 0 Å². The van der Waals surface area contributed by atoms with Crippen molar-refractivity contribution in [2.45, 2.75) is 25.3 Å². The summed E-state index contributed by atoms with van der Waals surface area (Å²) in [5, 5.41) is 2.10. The number of rotatable bonds is 4. The monoisotopic (exact) mass is 365 g/mol. The predicted octanol–water partition coefficient (Wildman–Crippen LogP) is 3.91. The Bertz CT molecular complexity index is 965. The second kappa shape index (κ2) is 6.57. The molecule has 1 fully saturated rings. The molecular formula is C19H19N5OS. The Kier molecular flexibility index (Phi) is 3.93. The summed E-state index contributed by atoms with van der Waals surface area (Å²) in [7, 11) is 0. The van der Waals surface area contributed by atoms with E-state index in [9.17, 15) is 0 Å². The topological polar surface area (TPSA) is 60.0 Å². The van der Waals surface area contributed by atoms with Crippen molar-refractivity contribution in [2.75, 3.05) is 18.0 Å². The van der Waals surface area contributed by atoms with Gasteiger partial charge in [0.25, 0.3) is 6.01 Å². The fourth-order valence-corrected chi connectivity index (χ4v) is 4.18. The van der Waals surface area contributed by atoms with Gasteiger partial charge in [-0.15, -0.1) is 11.3 Å². The number of aromatic nitrogens is 4. The third-order valence-corrected chi connectivity index (χ3v) is 5.61. The van der Waals surface area contributed by atoms with Gasteiger partial charge < -0.3 is 13.9 Å². The molecule has 0 unspecified atom stereocenters. The van der Waals surface area contributed by atoms with Crippen LogP contribution in [0.2, 0.25) is 0 Å². The molecule has 3 aromatic heterocycles. The van der Waals surface area contributed by atoms with Gasteiger partial charge in [0.15, 0.2) is 5.58 Å². The van der Waals surface area contributed by atoms with E-state index in [1.807, 2.05) is 36.0 Å². The number of piperidine rings is 1. The lowest BCUT2D eigenvalue weighted by molar-refractivity contribution is 0.444. The molecule has 0 aliphatic carbocycles. The molecule has 0 spiro atoms. The molecule has 1 aliphatic heterocycles. The summed E-state index contributed by atoms with van der Waals surface area (Å²) in [6, 6.07) is 8.66. The summed E-state index contributed by atoms with van der Waals surface area (Å²) < 4.78 is 8.15. The van der Waals surface area contributed by atoms with Crippen LogP contribution in [0.1, 0.15) is 30.3 Å². The molecule has 0 atom stereocenters. The number of nitrogens with zero attached hydrogens (tertiary/aromatic N) is 5. The number of anilines is 1. The molecule has 1 saturated heterocycles. The lowest BCUT2D eigenvalue weighted by atomic mass is 9.96. The van der Waals surface area contributed by atoms with Crippen molar-refractivity contribution in [1.82, 2.24) is 19.5 Å². The number of imidazole rings is 1. The van der Waals surface area contributed by atoms with Gasteiger partial charge in [0.2, 0.25) is 0 Å². The maximum atomic E-state index is 5.91. The SMILES string of the molecule is c1ccc2oc(N3CCC(c4nccn4Cc4cscn4)CC3)nc2c1. The smallest absolute Gasteiger partial charge is 0.298 e. The van der Waals surface area contributed by atoms with Crippen LogP contribution < -0.4 is 4.90 Å². The van der Waals surface area contributed by atoms with Gasteiger partial charge in [-0.1, -0.05) is 12.1 Å². The fourth-order valence-electron chi connectivity index (χ4n) is 3.63. The number of thiazole rings is 1. The molecule has 4 heterocycles. The van der Waals surface area contributed by atoms with E-state index in [0.29, 0.717) is 5.92 Å². The summed E-state index contributed by atoms with van der Waals surface area (Å²) in [5.74, 6) is 1.62. The molecule has 0 bridgehead atoms. The Balaban J connectivity index is 1.29. The number of fused-ring (bicyclic) bond motifs is 1. The van der Waals surface area contributed by atoms with Crippen LogP contribution in [-0.4, -0.2) is 32.6 Å². The van der Waals surface area contributed by atoms with E-state index in [1.54, 1.807) is 11.3 Å². The number of benzene rings is 1. The largest absolute Gasteiger partial charge is 0.423 e. The van der Waals surface area contributed by atoms with Gasteiger partial charge in [-0.05, 0) is 25.0 Å². The molecule has 26 heavy (non-hydrogen) atoms. The Hall–Kier alpha value is -2.67. The van der Waals surface area contributed by atoms with Crippen LogP contribution in [0.15, 0.2) is 52.0 Å². The summed E-state index contributed by atoms with van der Waals surface area (Å²) in [4.78, 5) is 15.9. The van der Waals surface area contributed by atoms with E-state index in [1.165, 1.54) is 0 Å². The molecule has 7 heteroatoms. The maximum Gasteiger partial charge on any atom is 0.298 e. The van der Waals surface area contributed by atoms with Gasteiger partial charge in [-0.2, -0.15) is 4.98 Å². The maximum absolute atomic E-state index is 5.91. The highest BCUT2D eigenvalue weighted by Gasteiger charge is 2.26. The van der Waals surface area contributed by atoms with Crippen molar-refractivity contribution < 1.29 is 4.42 Å². The molecule has 0 saturated carbocycles. The van der Waals surface area contributed by atoms with E-state index in [-0.39, 0.29) is 0 Å². The van der Waals surface area contributed by atoms with Crippen LogP contribution in [0, 0.1) is 0 Å². The molecule has 6 nitrogen and oxygen atoms in total. The summed E-state index contributed by atoms with van der Waals surface area (Å²) in [6.07, 6.45) is 6.05. The molecule has 4 aromatic rings. The van der Waals surface area contributed by atoms with Crippen molar-refractivity contribution >= 4 is 28.5 Å². The normalized spacial score (nSPS) is 15.8. The molecule has 0 amide bonds. The first kappa shape index (κ1) is 15.6. The zero-order valence-electron chi connectivity index (χ0n) is 14.3.